The van der Waals surface area contributed by atoms with Crippen molar-refractivity contribution in [3.63, 3.8) is 0 Å². The summed E-state index contributed by atoms with van der Waals surface area (Å²) in [5.41, 5.74) is -0.254. The molecule has 2 heterocycles. The molecule has 1 spiro atoms. The normalized spacial score (nSPS) is 29.5. The Bertz CT molecular complexity index is 445. The van der Waals surface area contributed by atoms with E-state index in [1.165, 1.54) is 32.1 Å². The first-order valence-electron chi connectivity index (χ1n) is 9.72. The fourth-order valence-corrected chi connectivity index (χ4v) is 4.84. The van der Waals surface area contributed by atoms with Crippen molar-refractivity contribution in [2.75, 3.05) is 26.2 Å². The maximum atomic E-state index is 13.1. The molecule has 2 saturated heterocycles. The maximum absolute atomic E-state index is 13.1. The molecule has 1 aliphatic carbocycles. The molecule has 0 aromatic heterocycles. The van der Waals surface area contributed by atoms with E-state index in [-0.39, 0.29) is 11.3 Å². The summed E-state index contributed by atoms with van der Waals surface area (Å²) in [7, 11) is 0. The summed E-state index contributed by atoms with van der Waals surface area (Å²) in [5, 5.41) is 0. The Balaban J connectivity index is 1.61. The number of carbonyl (C=O) groups excluding carboxylic acids is 2. The molecule has 1 saturated carbocycles. The number of piperidine rings is 1. The highest BCUT2D eigenvalue weighted by Crippen LogP contribution is 2.41. The highest BCUT2D eigenvalue weighted by Gasteiger charge is 2.49. The fourth-order valence-electron chi connectivity index (χ4n) is 4.84. The lowest BCUT2D eigenvalue weighted by Crippen LogP contribution is -2.51. The van der Waals surface area contributed by atoms with Gasteiger partial charge < -0.3 is 9.80 Å². The molecule has 3 fully saturated rings. The summed E-state index contributed by atoms with van der Waals surface area (Å²) in [6.45, 7) is 5.39. The SMILES string of the molecule is CCCC(=O)N1CCC2(CCCN(CC3CCCCC3)C2=O)C1. The minimum Gasteiger partial charge on any atom is -0.342 e. The van der Waals surface area contributed by atoms with E-state index >= 15 is 0 Å². The van der Waals surface area contributed by atoms with Gasteiger partial charge in [0.25, 0.3) is 0 Å². The molecule has 3 rings (SSSR count). The molecule has 2 aliphatic heterocycles. The summed E-state index contributed by atoms with van der Waals surface area (Å²) in [6.07, 6.45) is 11.1. The van der Waals surface area contributed by atoms with E-state index < -0.39 is 0 Å². The van der Waals surface area contributed by atoms with E-state index in [9.17, 15) is 9.59 Å². The third-order valence-corrected chi connectivity index (χ3v) is 6.20. The summed E-state index contributed by atoms with van der Waals surface area (Å²) >= 11 is 0. The van der Waals surface area contributed by atoms with Crippen molar-refractivity contribution in [3.8, 4) is 0 Å². The van der Waals surface area contributed by atoms with Gasteiger partial charge in [0.15, 0.2) is 0 Å². The van der Waals surface area contributed by atoms with Crippen LogP contribution in [0.4, 0.5) is 0 Å². The van der Waals surface area contributed by atoms with Gasteiger partial charge in [0.2, 0.25) is 11.8 Å². The van der Waals surface area contributed by atoms with Crippen LogP contribution in [0.25, 0.3) is 0 Å². The van der Waals surface area contributed by atoms with Crippen LogP contribution in [0, 0.1) is 11.3 Å². The number of hydrogen-bond acceptors (Lipinski definition) is 2. The molecule has 4 heteroatoms. The summed E-state index contributed by atoms with van der Waals surface area (Å²) in [5.74, 6) is 1.30. The fraction of sp³-hybridized carbons (Fsp3) is 0.895. The van der Waals surface area contributed by atoms with E-state index in [0.29, 0.717) is 24.8 Å². The van der Waals surface area contributed by atoms with E-state index in [2.05, 4.69) is 4.90 Å². The lowest BCUT2D eigenvalue weighted by molar-refractivity contribution is -0.147. The van der Waals surface area contributed by atoms with Gasteiger partial charge in [-0.3, -0.25) is 9.59 Å². The lowest BCUT2D eigenvalue weighted by Gasteiger charge is -2.41. The third-order valence-electron chi connectivity index (χ3n) is 6.20. The minimum absolute atomic E-state index is 0.238. The molecule has 0 N–H and O–H groups in total. The van der Waals surface area contributed by atoms with Crippen molar-refractivity contribution < 1.29 is 9.59 Å². The molecular weight excluding hydrogens is 288 g/mol. The van der Waals surface area contributed by atoms with Crippen LogP contribution in [0.1, 0.15) is 71.1 Å². The molecular formula is C19H32N2O2. The Morgan fingerprint density at radius 2 is 1.91 bits per heavy atom. The average Bonchev–Trinajstić information content (AvgIpc) is 2.99. The molecule has 23 heavy (non-hydrogen) atoms. The van der Waals surface area contributed by atoms with Crippen molar-refractivity contribution in [2.24, 2.45) is 11.3 Å². The Morgan fingerprint density at radius 3 is 2.65 bits per heavy atom. The van der Waals surface area contributed by atoms with E-state index in [1.54, 1.807) is 0 Å². The number of likely N-dealkylation sites (tertiary alicyclic amines) is 2. The molecule has 0 bridgehead atoms. The predicted molar refractivity (Wildman–Crippen MR) is 90.9 cm³/mol. The Morgan fingerprint density at radius 1 is 1.13 bits per heavy atom. The van der Waals surface area contributed by atoms with Crippen LogP contribution in [0.15, 0.2) is 0 Å². The monoisotopic (exact) mass is 320 g/mol. The standard InChI is InChI=1S/C19H32N2O2/c1-2-7-17(22)21-13-11-19(15-21)10-6-12-20(18(19)23)14-16-8-4-3-5-9-16/h16H,2-15H2,1H3. The van der Waals surface area contributed by atoms with Gasteiger partial charge in [-0.15, -0.1) is 0 Å². The van der Waals surface area contributed by atoms with Crippen molar-refractivity contribution in [1.29, 1.82) is 0 Å². The number of nitrogens with zero attached hydrogens (tertiary/aromatic N) is 2. The highest BCUT2D eigenvalue weighted by molar-refractivity contribution is 5.86. The zero-order chi connectivity index (χ0) is 16.3. The van der Waals surface area contributed by atoms with Crippen molar-refractivity contribution in [1.82, 2.24) is 9.80 Å². The quantitative estimate of drug-likeness (QED) is 0.798. The van der Waals surface area contributed by atoms with Crippen LogP contribution in [0.5, 0.6) is 0 Å². The molecule has 1 unspecified atom stereocenters. The van der Waals surface area contributed by atoms with Gasteiger partial charge in [-0.2, -0.15) is 0 Å². The molecule has 2 amide bonds. The zero-order valence-corrected chi connectivity index (χ0v) is 14.7. The smallest absolute Gasteiger partial charge is 0.230 e. The molecule has 0 aromatic rings. The average molecular weight is 320 g/mol. The molecule has 3 aliphatic rings. The van der Waals surface area contributed by atoms with E-state index in [0.717, 1.165) is 45.3 Å². The topological polar surface area (TPSA) is 40.6 Å². The Labute approximate surface area is 140 Å². The van der Waals surface area contributed by atoms with Gasteiger partial charge >= 0.3 is 0 Å². The van der Waals surface area contributed by atoms with Gasteiger partial charge in [-0.05, 0) is 44.4 Å². The van der Waals surface area contributed by atoms with Crippen LogP contribution in [-0.4, -0.2) is 47.8 Å². The van der Waals surface area contributed by atoms with E-state index in [4.69, 9.17) is 0 Å². The maximum Gasteiger partial charge on any atom is 0.230 e. The third kappa shape index (κ3) is 3.56. The number of rotatable bonds is 4. The van der Waals surface area contributed by atoms with Crippen LogP contribution in [0.2, 0.25) is 0 Å². The second-order valence-corrected chi connectivity index (χ2v) is 7.95. The summed E-state index contributed by atoms with van der Waals surface area (Å²) in [6, 6.07) is 0. The van der Waals surface area contributed by atoms with Crippen molar-refractivity contribution in [3.05, 3.63) is 0 Å². The van der Waals surface area contributed by atoms with Crippen LogP contribution >= 0.6 is 0 Å². The Kier molecular flexibility index (Phi) is 5.27. The number of carbonyl (C=O) groups is 2. The second-order valence-electron chi connectivity index (χ2n) is 7.95. The van der Waals surface area contributed by atoms with Crippen LogP contribution in [0.3, 0.4) is 0 Å². The van der Waals surface area contributed by atoms with Crippen LogP contribution in [-0.2, 0) is 9.59 Å². The van der Waals surface area contributed by atoms with Gasteiger partial charge in [0, 0.05) is 32.6 Å². The highest BCUT2D eigenvalue weighted by atomic mass is 16.2. The first kappa shape index (κ1) is 16.8. The van der Waals surface area contributed by atoms with Gasteiger partial charge in [0.1, 0.15) is 0 Å². The van der Waals surface area contributed by atoms with Gasteiger partial charge in [0.05, 0.1) is 5.41 Å². The Hall–Kier alpha value is -1.06. The molecule has 130 valence electrons. The van der Waals surface area contributed by atoms with Gasteiger partial charge in [-0.1, -0.05) is 26.2 Å². The number of hydrogen-bond donors (Lipinski definition) is 0. The molecule has 4 nitrogen and oxygen atoms in total. The second kappa shape index (κ2) is 7.23. The van der Waals surface area contributed by atoms with Crippen molar-refractivity contribution >= 4 is 11.8 Å². The minimum atomic E-state index is -0.254. The van der Waals surface area contributed by atoms with Crippen LogP contribution < -0.4 is 0 Å². The molecule has 0 radical (unpaired) electrons. The summed E-state index contributed by atoms with van der Waals surface area (Å²) < 4.78 is 0. The largest absolute Gasteiger partial charge is 0.342 e. The predicted octanol–water partition coefficient (Wildman–Crippen LogP) is 3.21. The first-order valence-corrected chi connectivity index (χ1v) is 9.72. The van der Waals surface area contributed by atoms with Crippen molar-refractivity contribution in [2.45, 2.75) is 71.1 Å². The lowest BCUT2D eigenvalue weighted by atomic mass is 9.77. The summed E-state index contributed by atoms with van der Waals surface area (Å²) in [4.78, 5) is 29.4. The first-order chi connectivity index (χ1) is 11.1. The van der Waals surface area contributed by atoms with E-state index in [1.807, 2.05) is 11.8 Å². The molecule has 1 atom stereocenters. The number of amides is 2. The van der Waals surface area contributed by atoms with Gasteiger partial charge in [-0.25, -0.2) is 0 Å². The zero-order valence-electron chi connectivity index (χ0n) is 14.7. The molecule has 0 aromatic carbocycles.